The van der Waals surface area contributed by atoms with E-state index in [1.807, 2.05) is 30.3 Å². The van der Waals surface area contributed by atoms with Gasteiger partial charge in [0, 0.05) is 23.6 Å². The predicted octanol–water partition coefficient (Wildman–Crippen LogP) is 6.78. The lowest BCUT2D eigenvalue weighted by molar-refractivity contribution is -0.136. The average Bonchev–Trinajstić information content (AvgIpc) is 3.29. The van der Waals surface area contributed by atoms with Crippen molar-refractivity contribution in [2.75, 3.05) is 20.0 Å². The van der Waals surface area contributed by atoms with Crippen molar-refractivity contribution in [3.05, 3.63) is 82.6 Å². The number of methoxy groups -OCH3 is 2. The third-order valence-corrected chi connectivity index (χ3v) is 7.10. The molecule has 204 valence electrons. The predicted molar refractivity (Wildman–Crippen MR) is 154 cm³/mol. The van der Waals surface area contributed by atoms with E-state index in [0.29, 0.717) is 55.4 Å². The van der Waals surface area contributed by atoms with Crippen molar-refractivity contribution in [2.45, 2.75) is 12.8 Å². The minimum absolute atomic E-state index is 0.107. The zero-order valence-corrected chi connectivity index (χ0v) is 23.0. The highest BCUT2D eigenvalue weighted by Gasteiger charge is 2.25. The van der Waals surface area contributed by atoms with Gasteiger partial charge in [0.2, 0.25) is 0 Å². The van der Waals surface area contributed by atoms with Crippen LogP contribution in [0.4, 0.5) is 5.82 Å². The number of aliphatic carboxylic acids is 1. The van der Waals surface area contributed by atoms with Gasteiger partial charge in [0.15, 0.2) is 17.3 Å². The van der Waals surface area contributed by atoms with Crippen molar-refractivity contribution in [1.29, 1.82) is 0 Å². The number of halogens is 2. The van der Waals surface area contributed by atoms with E-state index in [9.17, 15) is 9.90 Å². The van der Waals surface area contributed by atoms with E-state index in [2.05, 4.69) is 10.1 Å². The highest BCUT2D eigenvalue weighted by Crippen LogP contribution is 2.44. The Morgan fingerprint density at radius 3 is 2.50 bits per heavy atom. The van der Waals surface area contributed by atoms with Crippen LogP contribution >= 0.6 is 23.2 Å². The first-order valence-electron chi connectivity index (χ1n) is 12.1. The first kappa shape index (κ1) is 27.1. The monoisotopic (exact) mass is 578 g/mol. The summed E-state index contributed by atoms with van der Waals surface area (Å²) in [4.78, 5) is 15.9. The molecule has 0 aliphatic rings. The number of hydrogen-bond donors (Lipinski definition) is 2. The van der Waals surface area contributed by atoms with Crippen molar-refractivity contribution in [3.63, 3.8) is 0 Å². The molecule has 2 aromatic heterocycles. The van der Waals surface area contributed by atoms with Gasteiger partial charge in [0.05, 0.1) is 30.0 Å². The number of anilines is 1. The standard InChI is InChI=1S/C29H24Cl2N4O5/c1-38-18-5-3-4-17(12-18)27-20(8-11-25(36)37)26(28-29(32)33-15-34-35(27)28)16-6-10-23(24(13-16)39-2)40-19-7-9-21(30)22(31)14-19/h3-7,9-10,12-15H,8,11H2,1-2H3,(H,36,37)(H2,32,33,34). The van der Waals surface area contributed by atoms with Gasteiger partial charge in [0.25, 0.3) is 0 Å². The van der Waals surface area contributed by atoms with Gasteiger partial charge in [0.1, 0.15) is 23.3 Å². The van der Waals surface area contributed by atoms with Crippen LogP contribution in [0.15, 0.2) is 67.0 Å². The third kappa shape index (κ3) is 5.21. The molecular weight excluding hydrogens is 555 g/mol. The summed E-state index contributed by atoms with van der Waals surface area (Å²) in [6.45, 7) is 0. The number of rotatable bonds is 9. The molecule has 0 aliphatic carbocycles. The maximum Gasteiger partial charge on any atom is 0.303 e. The largest absolute Gasteiger partial charge is 0.497 e. The van der Waals surface area contributed by atoms with E-state index < -0.39 is 5.97 Å². The molecule has 0 aliphatic heterocycles. The molecule has 40 heavy (non-hydrogen) atoms. The first-order chi connectivity index (χ1) is 19.3. The second-order valence-corrected chi connectivity index (χ2v) is 9.59. The molecule has 0 bridgehead atoms. The van der Waals surface area contributed by atoms with Crippen LogP contribution in [0.5, 0.6) is 23.0 Å². The Labute approximate surface area is 239 Å². The van der Waals surface area contributed by atoms with E-state index in [1.54, 1.807) is 42.0 Å². The molecule has 0 saturated heterocycles. The molecule has 3 aromatic carbocycles. The summed E-state index contributed by atoms with van der Waals surface area (Å²) in [6.07, 6.45) is 1.47. The van der Waals surface area contributed by atoms with Gasteiger partial charge in [-0.15, -0.1) is 0 Å². The molecule has 0 unspecified atom stereocenters. The van der Waals surface area contributed by atoms with Gasteiger partial charge in [-0.3, -0.25) is 4.79 Å². The number of carboxylic acids is 1. The molecule has 9 nitrogen and oxygen atoms in total. The van der Waals surface area contributed by atoms with Crippen molar-refractivity contribution in [1.82, 2.24) is 14.6 Å². The van der Waals surface area contributed by atoms with Crippen molar-refractivity contribution in [3.8, 4) is 45.4 Å². The Morgan fingerprint density at radius 2 is 1.77 bits per heavy atom. The van der Waals surface area contributed by atoms with Crippen LogP contribution in [0, 0.1) is 0 Å². The number of carbonyl (C=O) groups is 1. The van der Waals surface area contributed by atoms with E-state index in [-0.39, 0.29) is 18.7 Å². The maximum atomic E-state index is 11.7. The van der Waals surface area contributed by atoms with E-state index in [1.165, 1.54) is 13.4 Å². The molecule has 3 N–H and O–H groups in total. The molecule has 0 radical (unpaired) electrons. The normalized spacial score (nSPS) is 11.0. The average molecular weight is 579 g/mol. The van der Waals surface area contributed by atoms with Gasteiger partial charge in [-0.1, -0.05) is 41.4 Å². The van der Waals surface area contributed by atoms with Crippen molar-refractivity contribution >= 4 is 40.5 Å². The molecule has 0 amide bonds. The van der Waals surface area contributed by atoms with Crippen molar-refractivity contribution < 1.29 is 24.1 Å². The minimum atomic E-state index is -0.931. The molecule has 0 spiro atoms. The van der Waals surface area contributed by atoms with Crippen LogP contribution in [0.2, 0.25) is 10.0 Å². The number of benzene rings is 3. The SMILES string of the molecule is COc1cccc(-c2c(CCC(=O)O)c(-c3ccc(Oc4ccc(Cl)c(Cl)c4)c(OC)c3)c3c(N)ncnn23)c1. The second kappa shape index (κ2) is 11.3. The van der Waals surface area contributed by atoms with Gasteiger partial charge in [-0.25, -0.2) is 9.50 Å². The zero-order chi connectivity index (χ0) is 28.4. The lowest BCUT2D eigenvalue weighted by Gasteiger charge is -2.14. The highest BCUT2D eigenvalue weighted by atomic mass is 35.5. The summed E-state index contributed by atoms with van der Waals surface area (Å²) in [6, 6.07) is 17.8. The van der Waals surface area contributed by atoms with Crippen LogP contribution in [0.25, 0.3) is 27.9 Å². The number of carboxylic acid groups (broad SMARTS) is 1. The van der Waals surface area contributed by atoms with Crippen LogP contribution in [0.1, 0.15) is 12.0 Å². The lowest BCUT2D eigenvalue weighted by Crippen LogP contribution is -2.01. The zero-order valence-electron chi connectivity index (χ0n) is 21.5. The lowest BCUT2D eigenvalue weighted by atomic mass is 9.95. The second-order valence-electron chi connectivity index (χ2n) is 8.78. The van der Waals surface area contributed by atoms with E-state index in [4.69, 9.17) is 43.1 Å². The van der Waals surface area contributed by atoms with Crippen LogP contribution < -0.4 is 19.9 Å². The third-order valence-electron chi connectivity index (χ3n) is 6.36. The van der Waals surface area contributed by atoms with Crippen molar-refractivity contribution in [2.24, 2.45) is 0 Å². The highest BCUT2D eigenvalue weighted by molar-refractivity contribution is 6.42. The number of fused-ring (bicyclic) bond motifs is 1. The summed E-state index contributed by atoms with van der Waals surface area (Å²) in [5.74, 6) is 1.31. The summed E-state index contributed by atoms with van der Waals surface area (Å²) in [5.41, 5.74) is 10.6. The fourth-order valence-electron chi connectivity index (χ4n) is 4.59. The molecular formula is C29H24Cl2N4O5. The quantitative estimate of drug-likeness (QED) is 0.196. The summed E-state index contributed by atoms with van der Waals surface area (Å²) in [7, 11) is 3.11. The Bertz CT molecular complexity index is 1740. The Balaban J connectivity index is 1.72. The van der Waals surface area contributed by atoms with E-state index in [0.717, 1.165) is 11.1 Å². The molecule has 5 rings (SSSR count). The van der Waals surface area contributed by atoms with E-state index >= 15 is 0 Å². The Hall–Kier alpha value is -4.47. The fourth-order valence-corrected chi connectivity index (χ4v) is 4.88. The molecule has 5 aromatic rings. The van der Waals surface area contributed by atoms with Gasteiger partial charge in [-0.2, -0.15) is 5.10 Å². The summed E-state index contributed by atoms with van der Waals surface area (Å²) >= 11 is 12.2. The van der Waals surface area contributed by atoms with Gasteiger partial charge < -0.3 is 25.1 Å². The molecule has 0 fully saturated rings. The number of nitrogen functional groups attached to an aromatic ring is 1. The molecule has 0 atom stereocenters. The number of ether oxygens (including phenoxy) is 3. The smallest absolute Gasteiger partial charge is 0.303 e. The number of nitrogens with two attached hydrogens (primary N) is 1. The van der Waals surface area contributed by atoms with Gasteiger partial charge in [-0.05, 0) is 53.9 Å². The molecule has 2 heterocycles. The summed E-state index contributed by atoms with van der Waals surface area (Å²) in [5, 5.41) is 14.8. The Morgan fingerprint density at radius 1 is 0.950 bits per heavy atom. The van der Waals surface area contributed by atoms with Crippen LogP contribution in [-0.2, 0) is 11.2 Å². The first-order valence-corrected chi connectivity index (χ1v) is 12.9. The summed E-state index contributed by atoms with van der Waals surface area (Å²) < 4.78 is 18.8. The molecule has 11 heteroatoms. The minimum Gasteiger partial charge on any atom is -0.497 e. The van der Waals surface area contributed by atoms with Crippen LogP contribution in [0.3, 0.4) is 0 Å². The number of nitrogens with zero attached hydrogens (tertiary/aromatic N) is 3. The maximum absolute atomic E-state index is 11.7. The van der Waals surface area contributed by atoms with Crippen LogP contribution in [-0.4, -0.2) is 39.9 Å². The number of aromatic nitrogens is 3. The fraction of sp³-hybridized carbons (Fsp3) is 0.138. The molecule has 0 saturated carbocycles. The Kier molecular flexibility index (Phi) is 7.68. The topological polar surface area (TPSA) is 121 Å². The van der Waals surface area contributed by atoms with Gasteiger partial charge >= 0.3 is 5.97 Å². The number of hydrogen-bond acceptors (Lipinski definition) is 7.